The lowest BCUT2D eigenvalue weighted by Crippen LogP contribution is -2.28. The Bertz CT molecular complexity index is 1230. The molecule has 0 N–H and O–H groups in total. The van der Waals surface area contributed by atoms with Crippen LogP contribution in [0.3, 0.4) is 0 Å². The average molecular weight is 397 g/mol. The number of pyridine rings is 2. The lowest BCUT2D eigenvalue weighted by molar-refractivity contribution is 0.0788. The first-order chi connectivity index (χ1) is 14.6. The van der Waals surface area contributed by atoms with Crippen LogP contribution in [-0.4, -0.2) is 43.6 Å². The second-order valence-corrected chi connectivity index (χ2v) is 8.10. The predicted molar refractivity (Wildman–Crippen MR) is 117 cm³/mol. The van der Waals surface area contributed by atoms with Crippen molar-refractivity contribution in [1.29, 1.82) is 0 Å². The Morgan fingerprint density at radius 2 is 1.83 bits per heavy atom. The number of fused-ring (bicyclic) bond motifs is 1. The van der Waals surface area contributed by atoms with Gasteiger partial charge in [0.15, 0.2) is 0 Å². The summed E-state index contributed by atoms with van der Waals surface area (Å²) < 4.78 is 1.79. The second kappa shape index (κ2) is 7.37. The van der Waals surface area contributed by atoms with Crippen LogP contribution in [0.1, 0.15) is 23.7 Å². The minimum absolute atomic E-state index is 0.0587. The van der Waals surface area contributed by atoms with Gasteiger partial charge in [0.05, 0.1) is 23.5 Å². The van der Waals surface area contributed by atoms with Gasteiger partial charge < -0.3 is 4.90 Å². The van der Waals surface area contributed by atoms with Crippen molar-refractivity contribution in [3.8, 4) is 22.3 Å². The fourth-order valence-corrected chi connectivity index (χ4v) is 4.11. The van der Waals surface area contributed by atoms with Crippen molar-refractivity contribution in [2.75, 3.05) is 13.1 Å². The van der Waals surface area contributed by atoms with Crippen molar-refractivity contribution < 1.29 is 4.79 Å². The molecule has 1 aromatic carbocycles. The highest BCUT2D eigenvalue weighted by Crippen LogP contribution is 2.30. The Balaban J connectivity index is 1.52. The first-order valence-corrected chi connectivity index (χ1v) is 10.2. The SMILES string of the molecule is C[C@@H]1CCN(C(=O)c2cnc3cncc(-c4ccc(-c5cnn(C)c5)cc4)c3c2)C1. The Morgan fingerprint density at radius 3 is 2.53 bits per heavy atom. The van der Waals surface area contributed by atoms with Crippen LogP contribution in [0, 0.1) is 5.92 Å². The smallest absolute Gasteiger partial charge is 0.255 e. The minimum atomic E-state index is 0.0587. The van der Waals surface area contributed by atoms with E-state index in [1.807, 2.05) is 36.6 Å². The van der Waals surface area contributed by atoms with E-state index in [0.717, 1.165) is 52.7 Å². The number of nitrogens with zero attached hydrogens (tertiary/aromatic N) is 5. The summed E-state index contributed by atoms with van der Waals surface area (Å²) in [6, 6.07) is 10.3. The van der Waals surface area contributed by atoms with Crippen LogP contribution in [0.25, 0.3) is 33.2 Å². The third kappa shape index (κ3) is 3.34. The molecule has 0 radical (unpaired) electrons. The summed E-state index contributed by atoms with van der Waals surface area (Å²) in [4.78, 5) is 23.8. The van der Waals surface area contributed by atoms with Crippen molar-refractivity contribution in [1.82, 2.24) is 24.6 Å². The zero-order valence-corrected chi connectivity index (χ0v) is 17.1. The van der Waals surface area contributed by atoms with Crippen LogP contribution < -0.4 is 0 Å². The zero-order chi connectivity index (χ0) is 20.7. The highest BCUT2D eigenvalue weighted by molar-refractivity contribution is 6.01. The largest absolute Gasteiger partial charge is 0.338 e. The standard InChI is InChI=1S/C24H23N5O/c1-16-7-8-29(14-16)24(30)19-9-21-22(12-25-13-23(21)26-10-19)18-5-3-17(4-6-18)20-11-27-28(2)15-20/h3-6,9-13,15-16H,7-8,14H2,1-2H3/t16-/m1/s1. The molecular weight excluding hydrogens is 374 g/mol. The molecule has 3 aromatic heterocycles. The van der Waals surface area contributed by atoms with Gasteiger partial charge in [0.2, 0.25) is 0 Å². The van der Waals surface area contributed by atoms with Crippen molar-refractivity contribution in [3.63, 3.8) is 0 Å². The van der Waals surface area contributed by atoms with Crippen molar-refractivity contribution in [2.45, 2.75) is 13.3 Å². The van der Waals surface area contributed by atoms with E-state index in [4.69, 9.17) is 0 Å². The summed E-state index contributed by atoms with van der Waals surface area (Å²) in [6.45, 7) is 3.82. The molecule has 0 aliphatic carbocycles. The van der Waals surface area contributed by atoms with Gasteiger partial charge in [0.1, 0.15) is 0 Å². The van der Waals surface area contributed by atoms with E-state index >= 15 is 0 Å². The number of hydrogen-bond donors (Lipinski definition) is 0. The van der Waals surface area contributed by atoms with E-state index in [1.165, 1.54) is 0 Å². The molecule has 4 aromatic rings. The number of aromatic nitrogens is 4. The Kier molecular flexibility index (Phi) is 4.54. The zero-order valence-electron chi connectivity index (χ0n) is 17.1. The molecule has 0 bridgehead atoms. The molecule has 6 nitrogen and oxygen atoms in total. The van der Waals surface area contributed by atoms with E-state index in [-0.39, 0.29) is 5.91 Å². The van der Waals surface area contributed by atoms with Crippen LogP contribution in [0.2, 0.25) is 0 Å². The maximum atomic E-state index is 12.9. The number of rotatable bonds is 3. The number of aryl methyl sites for hydroxylation is 1. The van der Waals surface area contributed by atoms with Gasteiger partial charge in [0.25, 0.3) is 5.91 Å². The monoisotopic (exact) mass is 397 g/mol. The molecule has 1 amide bonds. The Labute approximate surface area is 175 Å². The molecule has 0 saturated carbocycles. The van der Waals surface area contributed by atoms with Crippen LogP contribution >= 0.6 is 0 Å². The molecule has 1 aliphatic heterocycles. The third-order valence-corrected chi connectivity index (χ3v) is 5.80. The summed E-state index contributed by atoms with van der Waals surface area (Å²) in [7, 11) is 1.91. The summed E-state index contributed by atoms with van der Waals surface area (Å²) in [5.74, 6) is 0.615. The molecule has 6 heteroatoms. The number of carbonyl (C=O) groups excluding carboxylic acids is 1. The third-order valence-electron chi connectivity index (χ3n) is 5.80. The average Bonchev–Trinajstić information content (AvgIpc) is 3.41. The van der Waals surface area contributed by atoms with Crippen molar-refractivity contribution in [3.05, 3.63) is 66.9 Å². The molecule has 30 heavy (non-hydrogen) atoms. The first kappa shape index (κ1) is 18.5. The van der Waals surface area contributed by atoms with Crippen LogP contribution in [0.15, 0.2) is 61.3 Å². The van der Waals surface area contributed by atoms with E-state index in [0.29, 0.717) is 11.5 Å². The lowest BCUT2D eigenvalue weighted by atomic mass is 9.99. The van der Waals surface area contributed by atoms with Crippen LogP contribution in [0.5, 0.6) is 0 Å². The molecule has 4 heterocycles. The molecule has 0 unspecified atom stereocenters. The molecule has 1 aliphatic rings. The van der Waals surface area contributed by atoms with Crippen LogP contribution in [0.4, 0.5) is 0 Å². The number of amides is 1. The summed E-state index contributed by atoms with van der Waals surface area (Å²) in [5.41, 5.74) is 5.63. The quantitative estimate of drug-likeness (QED) is 0.520. The van der Waals surface area contributed by atoms with E-state index in [9.17, 15) is 4.79 Å². The minimum Gasteiger partial charge on any atom is -0.338 e. The van der Waals surface area contributed by atoms with Gasteiger partial charge in [-0.15, -0.1) is 0 Å². The Morgan fingerprint density at radius 1 is 1.03 bits per heavy atom. The molecule has 1 fully saturated rings. The molecule has 0 spiro atoms. The van der Waals surface area contributed by atoms with Gasteiger partial charge >= 0.3 is 0 Å². The summed E-state index contributed by atoms with van der Waals surface area (Å²) in [6.07, 6.45) is 10.2. The summed E-state index contributed by atoms with van der Waals surface area (Å²) in [5, 5.41) is 5.18. The first-order valence-electron chi connectivity index (χ1n) is 10.2. The fraction of sp³-hybridized carbons (Fsp3) is 0.250. The maximum absolute atomic E-state index is 12.9. The second-order valence-electron chi connectivity index (χ2n) is 8.10. The highest BCUT2D eigenvalue weighted by atomic mass is 16.2. The van der Waals surface area contributed by atoms with Gasteiger partial charge in [-0.25, -0.2) is 0 Å². The van der Waals surface area contributed by atoms with Gasteiger partial charge in [-0.3, -0.25) is 19.4 Å². The lowest BCUT2D eigenvalue weighted by Gasteiger charge is -2.16. The molecular formula is C24H23N5O. The number of likely N-dealkylation sites (tertiary alicyclic amines) is 1. The molecule has 1 atom stereocenters. The van der Waals surface area contributed by atoms with Gasteiger partial charge in [0, 0.05) is 55.2 Å². The van der Waals surface area contributed by atoms with Gasteiger partial charge in [-0.2, -0.15) is 5.10 Å². The number of hydrogen-bond acceptors (Lipinski definition) is 4. The summed E-state index contributed by atoms with van der Waals surface area (Å²) >= 11 is 0. The molecule has 150 valence electrons. The van der Waals surface area contributed by atoms with Crippen LogP contribution in [-0.2, 0) is 7.05 Å². The number of benzene rings is 1. The highest BCUT2D eigenvalue weighted by Gasteiger charge is 2.24. The van der Waals surface area contributed by atoms with Gasteiger partial charge in [-0.05, 0) is 29.5 Å². The van der Waals surface area contributed by atoms with Crippen molar-refractivity contribution >= 4 is 16.8 Å². The predicted octanol–water partition coefficient (Wildman–Crippen LogP) is 4.18. The number of carbonyl (C=O) groups is 1. The van der Waals surface area contributed by atoms with Gasteiger partial charge in [-0.1, -0.05) is 31.2 Å². The van der Waals surface area contributed by atoms with E-state index < -0.39 is 0 Å². The molecule has 5 rings (SSSR count). The molecule has 1 saturated heterocycles. The van der Waals surface area contributed by atoms with E-state index in [1.54, 1.807) is 17.1 Å². The maximum Gasteiger partial charge on any atom is 0.255 e. The van der Waals surface area contributed by atoms with Crippen molar-refractivity contribution in [2.24, 2.45) is 13.0 Å². The normalized spacial score (nSPS) is 16.3. The fourth-order valence-electron chi connectivity index (χ4n) is 4.11. The Hall–Kier alpha value is -3.54. The van der Waals surface area contributed by atoms with E-state index in [2.05, 4.69) is 46.3 Å². The topological polar surface area (TPSA) is 63.9 Å².